The zero-order valence-corrected chi connectivity index (χ0v) is 12.7. The number of benzene rings is 2. The van der Waals surface area contributed by atoms with E-state index < -0.39 is 0 Å². The molecule has 0 radical (unpaired) electrons. The lowest BCUT2D eigenvalue weighted by Gasteiger charge is -2.08. The van der Waals surface area contributed by atoms with Gasteiger partial charge in [0.2, 0.25) is 0 Å². The number of aromatic nitrogens is 1. The van der Waals surface area contributed by atoms with Crippen LogP contribution in [0.3, 0.4) is 0 Å². The van der Waals surface area contributed by atoms with Gasteiger partial charge in [0.15, 0.2) is 0 Å². The standard InChI is InChI=1S/C16H12Cl2N2O/c1-20-7-6-10-8-11(2-5-15(10)20)16(21)19-14-4-3-12(17)9-13(14)18/h2-9H,1H3,(H,19,21). The highest BCUT2D eigenvalue weighted by atomic mass is 35.5. The number of nitrogens with one attached hydrogen (secondary N) is 1. The molecule has 1 amide bonds. The molecule has 5 heteroatoms. The van der Waals surface area contributed by atoms with Crippen molar-refractivity contribution < 1.29 is 4.79 Å². The van der Waals surface area contributed by atoms with E-state index >= 15 is 0 Å². The average Bonchev–Trinajstić information content (AvgIpc) is 2.83. The molecule has 0 aliphatic heterocycles. The van der Waals surface area contributed by atoms with Gasteiger partial charge in [-0.25, -0.2) is 0 Å². The van der Waals surface area contributed by atoms with Crippen LogP contribution in [0.4, 0.5) is 5.69 Å². The predicted octanol–water partition coefficient (Wildman–Crippen LogP) is 4.74. The number of fused-ring (bicyclic) bond motifs is 1. The second-order valence-electron chi connectivity index (χ2n) is 4.78. The zero-order valence-electron chi connectivity index (χ0n) is 11.2. The largest absolute Gasteiger partial charge is 0.351 e. The maximum absolute atomic E-state index is 12.3. The Morgan fingerprint density at radius 3 is 2.67 bits per heavy atom. The molecule has 1 N–H and O–H groups in total. The summed E-state index contributed by atoms with van der Waals surface area (Å²) >= 11 is 11.9. The number of rotatable bonds is 2. The lowest BCUT2D eigenvalue weighted by molar-refractivity contribution is 0.102. The van der Waals surface area contributed by atoms with E-state index in [0.29, 0.717) is 21.3 Å². The first-order valence-electron chi connectivity index (χ1n) is 6.36. The maximum Gasteiger partial charge on any atom is 0.255 e. The van der Waals surface area contributed by atoms with Crippen LogP contribution >= 0.6 is 23.2 Å². The number of anilines is 1. The molecule has 0 atom stereocenters. The van der Waals surface area contributed by atoms with E-state index in [4.69, 9.17) is 23.2 Å². The van der Waals surface area contributed by atoms with Crippen LogP contribution in [-0.4, -0.2) is 10.5 Å². The minimum Gasteiger partial charge on any atom is -0.351 e. The number of nitrogens with zero attached hydrogens (tertiary/aromatic N) is 1. The van der Waals surface area contributed by atoms with Gasteiger partial charge in [0, 0.05) is 34.7 Å². The number of amides is 1. The van der Waals surface area contributed by atoms with Crippen LogP contribution in [-0.2, 0) is 7.05 Å². The van der Waals surface area contributed by atoms with Gasteiger partial charge in [0.05, 0.1) is 10.7 Å². The monoisotopic (exact) mass is 318 g/mol. The Morgan fingerprint density at radius 2 is 1.90 bits per heavy atom. The molecule has 0 bridgehead atoms. The lowest BCUT2D eigenvalue weighted by atomic mass is 10.1. The Kier molecular flexibility index (Phi) is 3.62. The van der Waals surface area contributed by atoms with Crippen molar-refractivity contribution in [3.63, 3.8) is 0 Å². The van der Waals surface area contributed by atoms with Crippen molar-refractivity contribution in [1.82, 2.24) is 4.57 Å². The maximum atomic E-state index is 12.3. The summed E-state index contributed by atoms with van der Waals surface area (Å²) < 4.78 is 2.01. The minimum absolute atomic E-state index is 0.204. The molecule has 3 nitrogen and oxygen atoms in total. The van der Waals surface area contributed by atoms with Crippen LogP contribution in [0, 0.1) is 0 Å². The van der Waals surface area contributed by atoms with E-state index in [1.807, 2.05) is 36.0 Å². The van der Waals surface area contributed by atoms with Gasteiger partial charge in [-0.3, -0.25) is 4.79 Å². The van der Waals surface area contributed by atoms with E-state index in [-0.39, 0.29) is 5.91 Å². The van der Waals surface area contributed by atoms with E-state index in [9.17, 15) is 4.79 Å². The van der Waals surface area contributed by atoms with Gasteiger partial charge in [0.1, 0.15) is 0 Å². The van der Waals surface area contributed by atoms with Gasteiger partial charge in [-0.2, -0.15) is 0 Å². The van der Waals surface area contributed by atoms with Crippen LogP contribution in [0.1, 0.15) is 10.4 Å². The molecular weight excluding hydrogens is 307 g/mol. The molecule has 0 saturated carbocycles. The highest BCUT2D eigenvalue weighted by Gasteiger charge is 2.10. The fourth-order valence-electron chi connectivity index (χ4n) is 2.21. The van der Waals surface area contributed by atoms with Crippen molar-refractivity contribution >= 4 is 45.7 Å². The van der Waals surface area contributed by atoms with Crippen LogP contribution in [0.15, 0.2) is 48.7 Å². The Labute approximate surface area is 132 Å². The summed E-state index contributed by atoms with van der Waals surface area (Å²) in [5.74, 6) is -0.204. The number of halogens is 2. The van der Waals surface area contributed by atoms with Crippen molar-refractivity contribution in [2.24, 2.45) is 7.05 Å². The van der Waals surface area contributed by atoms with Gasteiger partial charge >= 0.3 is 0 Å². The number of hydrogen-bond acceptors (Lipinski definition) is 1. The van der Waals surface area contributed by atoms with Crippen molar-refractivity contribution in [3.05, 3.63) is 64.3 Å². The molecule has 1 aromatic heterocycles. The first-order chi connectivity index (χ1) is 10.0. The van der Waals surface area contributed by atoms with Crippen molar-refractivity contribution in [2.75, 3.05) is 5.32 Å². The highest BCUT2D eigenvalue weighted by Crippen LogP contribution is 2.26. The molecule has 3 rings (SSSR count). The Balaban J connectivity index is 1.89. The molecule has 0 spiro atoms. The van der Waals surface area contributed by atoms with Crippen LogP contribution in [0.25, 0.3) is 10.9 Å². The third-order valence-electron chi connectivity index (χ3n) is 3.33. The van der Waals surface area contributed by atoms with E-state index in [1.165, 1.54) is 0 Å². The van der Waals surface area contributed by atoms with E-state index in [2.05, 4.69) is 5.32 Å². The molecule has 3 aromatic rings. The topological polar surface area (TPSA) is 34.0 Å². The van der Waals surface area contributed by atoms with E-state index in [1.54, 1.807) is 24.3 Å². The second-order valence-corrected chi connectivity index (χ2v) is 5.62. The van der Waals surface area contributed by atoms with Crippen molar-refractivity contribution in [1.29, 1.82) is 0 Å². The molecule has 0 fully saturated rings. The molecule has 0 aliphatic carbocycles. The summed E-state index contributed by atoms with van der Waals surface area (Å²) in [6.07, 6.45) is 1.96. The number of hydrogen-bond donors (Lipinski definition) is 1. The van der Waals surface area contributed by atoms with Gasteiger partial charge in [-0.05, 0) is 42.5 Å². The molecule has 0 unspecified atom stereocenters. The third-order valence-corrected chi connectivity index (χ3v) is 3.87. The highest BCUT2D eigenvalue weighted by molar-refractivity contribution is 6.36. The summed E-state index contributed by atoms with van der Waals surface area (Å²) in [5, 5.41) is 4.75. The van der Waals surface area contributed by atoms with Crippen LogP contribution in [0.2, 0.25) is 10.0 Å². The molecular formula is C16H12Cl2N2O. The summed E-state index contributed by atoms with van der Waals surface area (Å²) in [6.45, 7) is 0. The Bertz CT molecular complexity index is 839. The summed E-state index contributed by atoms with van der Waals surface area (Å²) in [4.78, 5) is 12.3. The molecule has 21 heavy (non-hydrogen) atoms. The van der Waals surface area contributed by atoms with Gasteiger partial charge < -0.3 is 9.88 Å². The molecule has 2 aromatic carbocycles. The summed E-state index contributed by atoms with van der Waals surface area (Å²) in [7, 11) is 1.97. The van der Waals surface area contributed by atoms with E-state index in [0.717, 1.165) is 10.9 Å². The van der Waals surface area contributed by atoms with Gasteiger partial charge in [-0.1, -0.05) is 23.2 Å². The van der Waals surface area contributed by atoms with Crippen LogP contribution in [0.5, 0.6) is 0 Å². The third kappa shape index (κ3) is 2.75. The van der Waals surface area contributed by atoms with Gasteiger partial charge in [0.25, 0.3) is 5.91 Å². The predicted molar refractivity (Wildman–Crippen MR) is 87.3 cm³/mol. The van der Waals surface area contributed by atoms with Crippen molar-refractivity contribution in [2.45, 2.75) is 0 Å². The molecule has 0 saturated heterocycles. The first kappa shape index (κ1) is 14.0. The summed E-state index contributed by atoms with van der Waals surface area (Å²) in [5.41, 5.74) is 2.20. The SMILES string of the molecule is Cn1ccc2cc(C(=O)Nc3ccc(Cl)cc3Cl)ccc21. The first-order valence-corrected chi connectivity index (χ1v) is 7.12. The fourth-order valence-corrected chi connectivity index (χ4v) is 2.66. The number of carbonyl (C=O) groups excluding carboxylic acids is 1. The molecule has 0 aliphatic rings. The van der Waals surface area contributed by atoms with Crippen molar-refractivity contribution in [3.8, 4) is 0 Å². The second kappa shape index (κ2) is 5.43. The average molecular weight is 319 g/mol. The Hall–Kier alpha value is -1.97. The fraction of sp³-hybridized carbons (Fsp3) is 0.0625. The number of aryl methyl sites for hydroxylation is 1. The smallest absolute Gasteiger partial charge is 0.255 e. The lowest BCUT2D eigenvalue weighted by Crippen LogP contribution is -2.12. The van der Waals surface area contributed by atoms with Crippen LogP contribution < -0.4 is 5.32 Å². The molecule has 1 heterocycles. The Morgan fingerprint density at radius 1 is 1.10 bits per heavy atom. The summed E-state index contributed by atoms with van der Waals surface area (Å²) in [6, 6.07) is 12.5. The molecule has 106 valence electrons. The number of carbonyl (C=O) groups is 1. The normalized spacial score (nSPS) is 10.8. The van der Waals surface area contributed by atoms with Gasteiger partial charge in [-0.15, -0.1) is 0 Å². The zero-order chi connectivity index (χ0) is 15.0. The minimum atomic E-state index is -0.204. The quantitative estimate of drug-likeness (QED) is 0.727.